The van der Waals surface area contributed by atoms with Crippen LogP contribution in [0.25, 0.3) is 0 Å². The maximum atomic E-state index is 12.9. The van der Waals surface area contributed by atoms with Gasteiger partial charge in [-0.1, -0.05) is 49.6 Å². The first-order valence-corrected chi connectivity index (χ1v) is 12.8. The number of hydrogen-bond donors (Lipinski definition) is 1. The molecule has 4 atom stereocenters. The minimum Gasteiger partial charge on any atom is -0.337 e. The first-order chi connectivity index (χ1) is 14.8. The predicted octanol–water partition coefficient (Wildman–Crippen LogP) is 5.34. The molecule has 2 heterocycles. The van der Waals surface area contributed by atoms with E-state index in [4.69, 9.17) is 0 Å². The molecule has 1 spiro atoms. The molecule has 0 aromatic heterocycles. The Labute approximate surface area is 183 Å². The fraction of sp³-hybridized carbons (Fsp3) is 0.741. The van der Waals surface area contributed by atoms with Gasteiger partial charge in [-0.3, -0.25) is 4.79 Å². The van der Waals surface area contributed by atoms with Crippen LogP contribution in [-0.4, -0.2) is 35.5 Å². The second kappa shape index (κ2) is 9.02. The van der Waals surface area contributed by atoms with Gasteiger partial charge in [-0.2, -0.15) is 0 Å². The van der Waals surface area contributed by atoms with Crippen LogP contribution in [0.2, 0.25) is 0 Å². The molecular formula is C27H40N2O. The molecule has 2 saturated heterocycles. The summed E-state index contributed by atoms with van der Waals surface area (Å²) in [6, 6.07) is 11.8. The first kappa shape index (κ1) is 20.5. The lowest BCUT2D eigenvalue weighted by atomic mass is 9.61. The average Bonchev–Trinajstić information content (AvgIpc) is 3.15. The van der Waals surface area contributed by atoms with Crippen LogP contribution >= 0.6 is 0 Å². The summed E-state index contributed by atoms with van der Waals surface area (Å²) in [4.78, 5) is 15.3. The van der Waals surface area contributed by atoms with E-state index < -0.39 is 0 Å². The average molecular weight is 409 g/mol. The molecule has 164 valence electrons. The Hall–Kier alpha value is -1.35. The highest BCUT2D eigenvalue weighted by atomic mass is 16.2. The lowest BCUT2D eigenvalue weighted by Crippen LogP contribution is -2.60. The van der Waals surface area contributed by atoms with Crippen LogP contribution in [0.5, 0.6) is 0 Å². The quantitative estimate of drug-likeness (QED) is 0.713. The van der Waals surface area contributed by atoms with E-state index in [2.05, 4.69) is 40.5 Å². The highest BCUT2D eigenvalue weighted by Crippen LogP contribution is 2.52. The number of benzene rings is 1. The molecule has 0 bridgehead atoms. The molecule has 5 rings (SSSR count). The van der Waals surface area contributed by atoms with E-state index in [1.165, 1.54) is 76.3 Å². The second-order valence-electron chi connectivity index (χ2n) is 10.7. The third-order valence-corrected chi connectivity index (χ3v) is 9.06. The van der Waals surface area contributed by atoms with Crippen molar-refractivity contribution in [3.63, 3.8) is 0 Å². The normalized spacial score (nSPS) is 35.0. The standard InChI is InChI=1S/C27H40N2O/c30-26-14-7-13-24-23(19-21-9-3-1-4-10-21)25(28-20-22-11-5-2-6-12-22)15-17-27(24)16-8-18-29(26)27/h1,3-4,9-10,22-25,28H,2,5-8,11-20H2/t23-,24+,25-,27-/m1/s1. The van der Waals surface area contributed by atoms with Crippen LogP contribution in [0.15, 0.2) is 30.3 Å². The van der Waals surface area contributed by atoms with Crippen molar-refractivity contribution >= 4 is 5.91 Å². The molecular weight excluding hydrogens is 368 g/mol. The van der Waals surface area contributed by atoms with Crippen LogP contribution in [0.3, 0.4) is 0 Å². The zero-order valence-electron chi connectivity index (χ0n) is 18.7. The van der Waals surface area contributed by atoms with Crippen molar-refractivity contribution in [1.82, 2.24) is 10.2 Å². The SMILES string of the molecule is O=C1CCC[C@H]2[C@@H](Cc3ccccc3)[C@H](NCC3CCCCC3)CC[C@]23CCCN13. The summed E-state index contributed by atoms with van der Waals surface area (Å²) in [5, 5.41) is 4.10. The monoisotopic (exact) mass is 408 g/mol. The Balaban J connectivity index is 1.39. The molecule has 0 unspecified atom stereocenters. The van der Waals surface area contributed by atoms with Gasteiger partial charge in [0.05, 0.1) is 0 Å². The number of nitrogens with zero attached hydrogens (tertiary/aromatic N) is 1. The largest absolute Gasteiger partial charge is 0.337 e. The molecule has 4 fully saturated rings. The molecule has 2 aliphatic heterocycles. The van der Waals surface area contributed by atoms with Crippen molar-refractivity contribution in [3.05, 3.63) is 35.9 Å². The number of carbonyl (C=O) groups is 1. The van der Waals surface area contributed by atoms with Gasteiger partial charge in [-0.25, -0.2) is 0 Å². The van der Waals surface area contributed by atoms with Crippen LogP contribution in [0, 0.1) is 17.8 Å². The zero-order chi connectivity index (χ0) is 20.4. The third kappa shape index (κ3) is 3.95. The Kier molecular flexibility index (Phi) is 6.18. The van der Waals surface area contributed by atoms with E-state index in [0.29, 0.717) is 23.8 Å². The summed E-state index contributed by atoms with van der Waals surface area (Å²) in [6.45, 7) is 2.21. The van der Waals surface area contributed by atoms with Crippen molar-refractivity contribution in [2.24, 2.45) is 17.8 Å². The summed E-state index contributed by atoms with van der Waals surface area (Å²) in [5.74, 6) is 2.63. The minimum absolute atomic E-state index is 0.163. The molecule has 2 aliphatic carbocycles. The van der Waals surface area contributed by atoms with Crippen molar-refractivity contribution < 1.29 is 4.79 Å². The Morgan fingerprint density at radius 1 is 0.933 bits per heavy atom. The Bertz CT molecular complexity index is 713. The lowest BCUT2D eigenvalue weighted by Gasteiger charge is -2.53. The van der Waals surface area contributed by atoms with Crippen LogP contribution in [-0.2, 0) is 11.2 Å². The number of carbonyl (C=O) groups excluding carboxylic acids is 1. The van der Waals surface area contributed by atoms with E-state index in [1.807, 2.05) is 0 Å². The van der Waals surface area contributed by atoms with Gasteiger partial charge in [0.25, 0.3) is 0 Å². The fourth-order valence-corrected chi connectivity index (χ4v) is 7.63. The number of nitrogens with one attached hydrogen (secondary N) is 1. The van der Waals surface area contributed by atoms with E-state index >= 15 is 0 Å². The third-order valence-electron chi connectivity index (χ3n) is 9.06. The summed E-state index contributed by atoms with van der Waals surface area (Å²) < 4.78 is 0. The first-order valence-electron chi connectivity index (χ1n) is 12.8. The molecule has 4 aliphatic rings. The van der Waals surface area contributed by atoms with Gasteiger partial charge in [-0.15, -0.1) is 0 Å². The zero-order valence-corrected chi connectivity index (χ0v) is 18.7. The predicted molar refractivity (Wildman–Crippen MR) is 122 cm³/mol. The van der Waals surface area contributed by atoms with E-state index in [0.717, 1.165) is 31.7 Å². The molecule has 1 aromatic rings. The summed E-state index contributed by atoms with van der Waals surface area (Å²) >= 11 is 0. The van der Waals surface area contributed by atoms with Crippen molar-refractivity contribution in [2.75, 3.05) is 13.1 Å². The van der Waals surface area contributed by atoms with E-state index in [9.17, 15) is 4.79 Å². The minimum atomic E-state index is 0.163. The number of rotatable bonds is 5. The van der Waals surface area contributed by atoms with E-state index in [1.54, 1.807) is 0 Å². The molecule has 2 saturated carbocycles. The highest BCUT2D eigenvalue weighted by molar-refractivity contribution is 5.78. The van der Waals surface area contributed by atoms with Crippen molar-refractivity contribution in [3.8, 4) is 0 Å². The topological polar surface area (TPSA) is 32.3 Å². The number of hydrogen-bond acceptors (Lipinski definition) is 2. The molecule has 0 radical (unpaired) electrons. The Morgan fingerprint density at radius 2 is 1.77 bits per heavy atom. The molecule has 30 heavy (non-hydrogen) atoms. The van der Waals surface area contributed by atoms with Crippen molar-refractivity contribution in [1.29, 1.82) is 0 Å². The summed E-state index contributed by atoms with van der Waals surface area (Å²) in [6.07, 6.45) is 16.3. The summed E-state index contributed by atoms with van der Waals surface area (Å²) in [5.41, 5.74) is 1.64. The van der Waals surface area contributed by atoms with Crippen molar-refractivity contribution in [2.45, 2.75) is 95.1 Å². The van der Waals surface area contributed by atoms with E-state index in [-0.39, 0.29) is 5.54 Å². The maximum Gasteiger partial charge on any atom is 0.223 e. The molecule has 1 amide bonds. The molecule has 3 nitrogen and oxygen atoms in total. The highest BCUT2D eigenvalue weighted by Gasteiger charge is 2.55. The molecule has 1 aromatic carbocycles. The van der Waals surface area contributed by atoms with Gasteiger partial charge in [-0.05, 0) is 87.6 Å². The summed E-state index contributed by atoms with van der Waals surface area (Å²) in [7, 11) is 0. The van der Waals surface area contributed by atoms with Gasteiger partial charge >= 0.3 is 0 Å². The number of amides is 1. The Morgan fingerprint density at radius 3 is 2.60 bits per heavy atom. The van der Waals surface area contributed by atoms with Gasteiger partial charge < -0.3 is 10.2 Å². The lowest BCUT2D eigenvalue weighted by molar-refractivity contribution is -0.138. The molecule has 1 N–H and O–H groups in total. The van der Waals surface area contributed by atoms with Gasteiger partial charge in [0.2, 0.25) is 5.91 Å². The fourth-order valence-electron chi connectivity index (χ4n) is 7.63. The van der Waals surface area contributed by atoms with Gasteiger partial charge in [0, 0.05) is 24.5 Å². The smallest absolute Gasteiger partial charge is 0.223 e. The van der Waals surface area contributed by atoms with Crippen LogP contribution in [0.4, 0.5) is 0 Å². The second-order valence-corrected chi connectivity index (χ2v) is 10.7. The van der Waals surface area contributed by atoms with Crippen LogP contribution in [0.1, 0.15) is 82.6 Å². The van der Waals surface area contributed by atoms with Gasteiger partial charge in [0.1, 0.15) is 0 Å². The maximum absolute atomic E-state index is 12.9. The van der Waals surface area contributed by atoms with Gasteiger partial charge in [0.15, 0.2) is 0 Å². The van der Waals surface area contributed by atoms with Crippen LogP contribution < -0.4 is 5.32 Å². The molecule has 3 heteroatoms.